The molecule has 0 aromatic carbocycles. The molecule has 0 spiro atoms. The van der Waals surface area contributed by atoms with Gasteiger partial charge in [-0.1, -0.05) is 0 Å². The van der Waals surface area contributed by atoms with Crippen LogP contribution >= 0.6 is 0 Å². The summed E-state index contributed by atoms with van der Waals surface area (Å²) in [5, 5.41) is 13.6. The summed E-state index contributed by atoms with van der Waals surface area (Å²) in [7, 11) is 1.20. The van der Waals surface area contributed by atoms with Crippen LogP contribution in [-0.4, -0.2) is 48.6 Å². The standard InChI is InChI=1S/C11H18N2O6/c1-7(14)12-6-5-9(15)13-8(11(17)18)3-4-10(16)19-2/h8H,3-6H2,1-2H3,(H,12,14)(H,13,15)(H,17,18)/t8-/m0/s1. The Morgan fingerprint density at radius 1 is 1.21 bits per heavy atom. The van der Waals surface area contributed by atoms with Crippen LogP contribution in [0, 0.1) is 0 Å². The maximum atomic E-state index is 11.4. The average Bonchev–Trinajstić information content (AvgIpc) is 2.33. The van der Waals surface area contributed by atoms with Crippen LogP contribution in [0.5, 0.6) is 0 Å². The third-order valence-electron chi connectivity index (χ3n) is 2.22. The lowest BCUT2D eigenvalue weighted by Crippen LogP contribution is -2.42. The summed E-state index contributed by atoms with van der Waals surface area (Å²) in [6.45, 7) is 1.44. The Labute approximate surface area is 110 Å². The van der Waals surface area contributed by atoms with Gasteiger partial charge in [-0.15, -0.1) is 0 Å². The van der Waals surface area contributed by atoms with Gasteiger partial charge in [0.1, 0.15) is 6.04 Å². The highest BCUT2D eigenvalue weighted by Gasteiger charge is 2.20. The van der Waals surface area contributed by atoms with Crippen molar-refractivity contribution in [1.29, 1.82) is 0 Å². The average molecular weight is 274 g/mol. The third-order valence-corrected chi connectivity index (χ3v) is 2.22. The van der Waals surface area contributed by atoms with E-state index in [1.807, 2.05) is 0 Å². The fraction of sp³-hybridized carbons (Fsp3) is 0.636. The van der Waals surface area contributed by atoms with Gasteiger partial charge in [-0.05, 0) is 6.42 Å². The minimum Gasteiger partial charge on any atom is -0.480 e. The van der Waals surface area contributed by atoms with Crippen LogP contribution in [0.2, 0.25) is 0 Å². The number of hydrogen-bond donors (Lipinski definition) is 3. The number of nitrogens with one attached hydrogen (secondary N) is 2. The fourth-order valence-corrected chi connectivity index (χ4v) is 1.24. The number of rotatable bonds is 8. The van der Waals surface area contributed by atoms with Gasteiger partial charge in [-0.3, -0.25) is 14.4 Å². The van der Waals surface area contributed by atoms with Crippen molar-refractivity contribution in [2.45, 2.75) is 32.2 Å². The van der Waals surface area contributed by atoms with Crippen molar-refractivity contribution in [1.82, 2.24) is 10.6 Å². The number of carboxylic acid groups (broad SMARTS) is 1. The molecule has 0 radical (unpaired) electrons. The molecule has 0 aliphatic rings. The van der Waals surface area contributed by atoms with Gasteiger partial charge < -0.3 is 20.5 Å². The molecule has 0 aromatic heterocycles. The van der Waals surface area contributed by atoms with Gasteiger partial charge in [0.15, 0.2) is 0 Å². The van der Waals surface area contributed by atoms with Crippen molar-refractivity contribution in [3.05, 3.63) is 0 Å². The molecule has 0 aliphatic heterocycles. The summed E-state index contributed by atoms with van der Waals surface area (Å²) in [5.74, 6) is -2.55. The molecule has 19 heavy (non-hydrogen) atoms. The van der Waals surface area contributed by atoms with Crippen LogP contribution < -0.4 is 10.6 Å². The summed E-state index contributed by atoms with van der Waals surface area (Å²) < 4.78 is 4.38. The second-order valence-electron chi connectivity index (χ2n) is 3.81. The smallest absolute Gasteiger partial charge is 0.326 e. The number of amides is 2. The van der Waals surface area contributed by atoms with Crippen molar-refractivity contribution in [3.8, 4) is 0 Å². The second-order valence-corrected chi connectivity index (χ2v) is 3.81. The summed E-state index contributed by atoms with van der Waals surface area (Å²) >= 11 is 0. The van der Waals surface area contributed by atoms with E-state index in [0.29, 0.717) is 0 Å². The molecule has 8 nitrogen and oxygen atoms in total. The van der Waals surface area contributed by atoms with Crippen molar-refractivity contribution in [3.63, 3.8) is 0 Å². The van der Waals surface area contributed by atoms with Crippen LogP contribution in [0.3, 0.4) is 0 Å². The zero-order valence-corrected chi connectivity index (χ0v) is 10.9. The molecule has 0 saturated heterocycles. The molecule has 0 bridgehead atoms. The molecule has 0 fully saturated rings. The summed E-state index contributed by atoms with van der Waals surface area (Å²) in [4.78, 5) is 43.8. The molecule has 0 heterocycles. The summed E-state index contributed by atoms with van der Waals surface area (Å²) in [6, 6.07) is -1.15. The van der Waals surface area contributed by atoms with Gasteiger partial charge in [-0.25, -0.2) is 4.79 Å². The minimum atomic E-state index is -1.23. The van der Waals surface area contributed by atoms with Crippen molar-refractivity contribution in [2.24, 2.45) is 0 Å². The highest BCUT2D eigenvalue weighted by atomic mass is 16.5. The van der Waals surface area contributed by atoms with Crippen LogP contribution in [0.4, 0.5) is 0 Å². The topological polar surface area (TPSA) is 122 Å². The molecule has 0 aliphatic carbocycles. The van der Waals surface area contributed by atoms with Crippen molar-refractivity contribution in [2.75, 3.05) is 13.7 Å². The van der Waals surface area contributed by atoms with Crippen LogP contribution in [0.15, 0.2) is 0 Å². The lowest BCUT2D eigenvalue weighted by atomic mass is 10.1. The first-order chi connectivity index (χ1) is 8.86. The molecular weight excluding hydrogens is 256 g/mol. The molecular formula is C11H18N2O6. The number of ether oxygens (including phenoxy) is 1. The van der Waals surface area contributed by atoms with E-state index in [2.05, 4.69) is 15.4 Å². The molecule has 1 atom stereocenters. The lowest BCUT2D eigenvalue weighted by Gasteiger charge is -2.13. The van der Waals surface area contributed by atoms with Crippen LogP contribution in [-0.2, 0) is 23.9 Å². The highest BCUT2D eigenvalue weighted by Crippen LogP contribution is 2.00. The Balaban J connectivity index is 4.12. The fourth-order valence-electron chi connectivity index (χ4n) is 1.24. The van der Waals surface area contributed by atoms with Gasteiger partial charge in [-0.2, -0.15) is 0 Å². The molecule has 8 heteroatoms. The molecule has 2 amide bonds. The van der Waals surface area contributed by atoms with E-state index in [4.69, 9.17) is 5.11 Å². The van der Waals surface area contributed by atoms with Crippen LogP contribution in [0.25, 0.3) is 0 Å². The van der Waals surface area contributed by atoms with E-state index >= 15 is 0 Å². The Hall–Kier alpha value is -2.12. The van der Waals surface area contributed by atoms with E-state index < -0.39 is 23.9 Å². The zero-order chi connectivity index (χ0) is 14.8. The number of hydrogen-bond acceptors (Lipinski definition) is 5. The highest BCUT2D eigenvalue weighted by molar-refractivity contribution is 5.84. The SMILES string of the molecule is COC(=O)CC[C@H](NC(=O)CCNC(C)=O)C(=O)O. The van der Waals surface area contributed by atoms with E-state index in [1.54, 1.807) is 0 Å². The number of esters is 1. The normalized spacial score (nSPS) is 11.3. The summed E-state index contributed by atoms with van der Waals surface area (Å²) in [5.41, 5.74) is 0. The molecule has 3 N–H and O–H groups in total. The predicted octanol–water partition coefficient (Wildman–Crippen LogP) is -0.965. The first-order valence-electron chi connectivity index (χ1n) is 5.70. The molecule has 0 saturated carbocycles. The predicted molar refractivity (Wildman–Crippen MR) is 64.1 cm³/mol. The molecule has 0 unspecified atom stereocenters. The molecule has 0 rings (SSSR count). The van der Waals surface area contributed by atoms with E-state index in [0.717, 1.165) is 0 Å². The Morgan fingerprint density at radius 3 is 2.32 bits per heavy atom. The monoisotopic (exact) mass is 274 g/mol. The van der Waals surface area contributed by atoms with Crippen molar-refractivity contribution >= 4 is 23.8 Å². The van der Waals surface area contributed by atoms with Gasteiger partial charge in [0.25, 0.3) is 0 Å². The summed E-state index contributed by atoms with van der Waals surface area (Å²) in [6.07, 6.45) is -0.172. The van der Waals surface area contributed by atoms with E-state index in [1.165, 1.54) is 14.0 Å². The Morgan fingerprint density at radius 2 is 1.84 bits per heavy atom. The maximum Gasteiger partial charge on any atom is 0.326 e. The Bertz CT molecular complexity index is 355. The third kappa shape index (κ3) is 8.58. The van der Waals surface area contributed by atoms with Crippen molar-refractivity contribution < 1.29 is 29.0 Å². The zero-order valence-electron chi connectivity index (χ0n) is 10.9. The number of carbonyl (C=O) groups excluding carboxylic acids is 3. The largest absolute Gasteiger partial charge is 0.480 e. The second kappa shape index (κ2) is 8.90. The van der Waals surface area contributed by atoms with Gasteiger partial charge in [0, 0.05) is 26.3 Å². The maximum absolute atomic E-state index is 11.4. The van der Waals surface area contributed by atoms with Gasteiger partial charge in [0.2, 0.25) is 11.8 Å². The number of methoxy groups -OCH3 is 1. The number of carboxylic acids is 1. The lowest BCUT2D eigenvalue weighted by molar-refractivity contribution is -0.144. The Kier molecular flexibility index (Phi) is 7.90. The number of carbonyl (C=O) groups is 4. The first-order valence-corrected chi connectivity index (χ1v) is 5.70. The van der Waals surface area contributed by atoms with Gasteiger partial charge >= 0.3 is 11.9 Å². The molecule has 108 valence electrons. The van der Waals surface area contributed by atoms with Gasteiger partial charge in [0.05, 0.1) is 7.11 Å². The van der Waals surface area contributed by atoms with E-state index in [-0.39, 0.29) is 31.7 Å². The number of aliphatic carboxylic acids is 1. The van der Waals surface area contributed by atoms with E-state index in [9.17, 15) is 19.2 Å². The first kappa shape index (κ1) is 16.9. The minimum absolute atomic E-state index is 0.0262. The van der Waals surface area contributed by atoms with Crippen LogP contribution in [0.1, 0.15) is 26.2 Å². The quantitative estimate of drug-likeness (QED) is 0.490. The molecule has 0 aromatic rings.